The Labute approximate surface area is 151 Å². The van der Waals surface area contributed by atoms with Gasteiger partial charge < -0.3 is 14.8 Å². The third-order valence-corrected chi connectivity index (χ3v) is 6.35. The van der Waals surface area contributed by atoms with Gasteiger partial charge in [0.1, 0.15) is 11.5 Å². The topological polar surface area (TPSA) is 76.7 Å². The van der Waals surface area contributed by atoms with Crippen LogP contribution < -0.4 is 3.82 Å². The van der Waals surface area contributed by atoms with Crippen molar-refractivity contribution in [2.75, 3.05) is 37.1 Å². The van der Waals surface area contributed by atoms with E-state index in [2.05, 4.69) is 9.88 Å². The Bertz CT molecular complexity index is 845. The number of carbonyl (C=O) groups excluding carboxylic acids is 1. The number of sulfonamides is 1. The average Bonchev–Trinajstić information content (AvgIpc) is 3.11. The second-order valence-corrected chi connectivity index (χ2v) is 8.21. The highest BCUT2D eigenvalue weighted by Gasteiger charge is 2.26. The zero-order valence-electron chi connectivity index (χ0n) is 13.7. The summed E-state index contributed by atoms with van der Waals surface area (Å²) in [7, 11) is -1.89. The van der Waals surface area contributed by atoms with Crippen molar-refractivity contribution >= 4 is 33.5 Å². The molecule has 0 spiro atoms. The first-order valence-electron chi connectivity index (χ1n) is 7.82. The number of benzene rings is 1. The van der Waals surface area contributed by atoms with Crippen LogP contribution in [0.3, 0.4) is 0 Å². The lowest BCUT2D eigenvalue weighted by molar-refractivity contribution is 0.0659. The first kappa shape index (κ1) is 17.8. The van der Waals surface area contributed by atoms with Crippen LogP contribution in [0.4, 0.5) is 5.82 Å². The average molecular weight is 383 g/mol. The number of halogens is 1. The molecule has 1 aliphatic rings. The highest BCUT2D eigenvalue weighted by Crippen LogP contribution is 2.25. The van der Waals surface area contributed by atoms with Gasteiger partial charge >= 0.3 is 0 Å². The van der Waals surface area contributed by atoms with Crippen molar-refractivity contribution in [3.05, 3.63) is 48.2 Å². The van der Waals surface area contributed by atoms with Crippen molar-refractivity contribution in [1.82, 2.24) is 14.8 Å². The van der Waals surface area contributed by atoms with Gasteiger partial charge in [-0.15, -0.1) is 0 Å². The number of H-pyrrole nitrogens is 1. The number of hydrogen-bond acceptors (Lipinski definition) is 4. The number of piperazine rings is 1. The highest BCUT2D eigenvalue weighted by atomic mass is 35.5. The molecule has 2 heterocycles. The third kappa shape index (κ3) is 3.65. The van der Waals surface area contributed by atoms with E-state index >= 15 is 0 Å². The quantitative estimate of drug-likeness (QED) is 0.817. The minimum absolute atomic E-state index is 0.0755. The smallest absolute Gasteiger partial charge is 0.279 e. The Hall–Kier alpha value is -2.03. The minimum Gasteiger partial charge on any atom is -0.336 e. The van der Waals surface area contributed by atoms with Gasteiger partial charge in [0.25, 0.3) is 15.9 Å². The van der Waals surface area contributed by atoms with Gasteiger partial charge in [-0.05, 0) is 31.3 Å². The van der Waals surface area contributed by atoms with Crippen LogP contribution in [0.5, 0.6) is 0 Å². The van der Waals surface area contributed by atoms with E-state index in [1.54, 1.807) is 29.2 Å². The maximum atomic E-state index is 12.5. The molecule has 1 saturated heterocycles. The predicted octanol–water partition coefficient (Wildman–Crippen LogP) is 1.75. The molecule has 1 amide bonds. The van der Waals surface area contributed by atoms with Gasteiger partial charge in [-0.25, -0.2) is 0 Å². The lowest BCUT2D eigenvalue weighted by atomic mass is 10.3. The first-order chi connectivity index (χ1) is 11.9. The van der Waals surface area contributed by atoms with Crippen molar-refractivity contribution in [2.24, 2.45) is 0 Å². The number of anilines is 1. The van der Waals surface area contributed by atoms with Crippen LogP contribution in [0.25, 0.3) is 0 Å². The number of nitrogens with one attached hydrogen (secondary N) is 1. The van der Waals surface area contributed by atoms with Gasteiger partial charge in [0.05, 0.1) is 4.90 Å². The molecule has 7 nitrogen and oxygen atoms in total. The fourth-order valence-corrected chi connectivity index (χ4v) is 3.99. The van der Waals surface area contributed by atoms with Crippen LogP contribution in [-0.2, 0) is 10.0 Å². The van der Waals surface area contributed by atoms with Gasteiger partial charge in [-0.1, -0.05) is 18.2 Å². The number of amides is 1. The van der Waals surface area contributed by atoms with Crippen molar-refractivity contribution in [2.45, 2.75) is 4.90 Å². The van der Waals surface area contributed by atoms with E-state index in [-0.39, 0.29) is 16.6 Å². The van der Waals surface area contributed by atoms with Crippen LogP contribution >= 0.6 is 11.8 Å². The largest absolute Gasteiger partial charge is 0.336 e. The molecule has 2 aromatic rings. The Kier molecular flexibility index (Phi) is 5.03. The molecule has 0 bridgehead atoms. The zero-order valence-corrected chi connectivity index (χ0v) is 15.3. The number of likely N-dealkylation sites (N-methyl/N-ethyl adjacent to an activating group) is 1. The molecule has 9 heteroatoms. The van der Waals surface area contributed by atoms with Crippen molar-refractivity contribution in [1.29, 1.82) is 0 Å². The summed E-state index contributed by atoms with van der Waals surface area (Å²) in [6.07, 6.45) is 0. The molecular weight excluding hydrogens is 364 g/mol. The number of carbonyl (C=O) groups is 1. The Balaban J connectivity index is 1.78. The van der Waals surface area contributed by atoms with Crippen molar-refractivity contribution in [3.8, 4) is 0 Å². The molecule has 134 valence electrons. The van der Waals surface area contributed by atoms with Crippen LogP contribution in [0.15, 0.2) is 47.4 Å². The second kappa shape index (κ2) is 7.07. The summed E-state index contributed by atoms with van der Waals surface area (Å²) in [5, 5.41) is 0. The number of nitrogens with zero attached hydrogens (tertiary/aromatic N) is 3. The fraction of sp³-hybridized carbons (Fsp3) is 0.312. The number of aromatic amines is 1. The third-order valence-electron chi connectivity index (χ3n) is 4.13. The number of hydrogen-bond donors (Lipinski definition) is 1. The van der Waals surface area contributed by atoms with E-state index in [4.69, 9.17) is 11.8 Å². The number of rotatable bonds is 4. The molecule has 0 atom stereocenters. The molecule has 0 unspecified atom stereocenters. The van der Waals surface area contributed by atoms with E-state index in [0.29, 0.717) is 22.6 Å². The maximum Gasteiger partial charge on any atom is 0.279 e. The summed E-state index contributed by atoms with van der Waals surface area (Å²) in [4.78, 5) is 19.3. The Morgan fingerprint density at radius 2 is 1.72 bits per heavy atom. The molecule has 1 aromatic heterocycles. The number of aromatic nitrogens is 1. The van der Waals surface area contributed by atoms with Crippen LogP contribution in [-0.4, -0.2) is 62.3 Å². The normalized spacial score (nSPS) is 16.0. The lowest BCUT2D eigenvalue weighted by Gasteiger charge is -2.32. The molecule has 0 aliphatic carbocycles. The minimum atomic E-state index is -3.90. The summed E-state index contributed by atoms with van der Waals surface area (Å²) >= 11 is 6.04. The monoisotopic (exact) mass is 382 g/mol. The summed E-state index contributed by atoms with van der Waals surface area (Å²) in [6.45, 7) is 2.89. The maximum absolute atomic E-state index is 12.5. The molecule has 0 saturated carbocycles. The van der Waals surface area contributed by atoms with E-state index < -0.39 is 10.0 Å². The van der Waals surface area contributed by atoms with Gasteiger partial charge in [-0.2, -0.15) is 12.2 Å². The summed E-state index contributed by atoms with van der Waals surface area (Å²) in [5.41, 5.74) is 0.313. The summed E-state index contributed by atoms with van der Waals surface area (Å²) < 4.78 is 25.7. The van der Waals surface area contributed by atoms with E-state index in [0.717, 1.165) is 13.1 Å². The van der Waals surface area contributed by atoms with Gasteiger partial charge in [-0.3, -0.25) is 4.79 Å². The SMILES string of the molecule is CN1CCN(C(=O)c2ccc(N(Cl)S(=O)(=O)c3ccccc3)[nH]2)CC1. The van der Waals surface area contributed by atoms with Crippen LogP contribution in [0, 0.1) is 0 Å². The fourth-order valence-electron chi connectivity index (χ4n) is 2.61. The van der Waals surface area contributed by atoms with E-state index in [1.165, 1.54) is 18.2 Å². The molecule has 1 fully saturated rings. The molecule has 3 rings (SSSR count). The lowest BCUT2D eigenvalue weighted by Crippen LogP contribution is -2.47. The molecule has 1 aromatic carbocycles. The van der Waals surface area contributed by atoms with Crippen molar-refractivity contribution < 1.29 is 13.2 Å². The molecule has 25 heavy (non-hydrogen) atoms. The van der Waals surface area contributed by atoms with Gasteiger partial charge in [0.2, 0.25) is 0 Å². The predicted molar refractivity (Wildman–Crippen MR) is 96.2 cm³/mol. The molecule has 0 radical (unpaired) electrons. The van der Waals surface area contributed by atoms with E-state index in [1.807, 2.05) is 7.05 Å². The van der Waals surface area contributed by atoms with Crippen molar-refractivity contribution in [3.63, 3.8) is 0 Å². The first-order valence-corrected chi connectivity index (χ1v) is 9.60. The Morgan fingerprint density at radius 3 is 2.36 bits per heavy atom. The van der Waals surface area contributed by atoms with Gasteiger partial charge in [0, 0.05) is 38.0 Å². The molecular formula is C16H19ClN4O3S. The second-order valence-electron chi connectivity index (χ2n) is 5.89. The summed E-state index contributed by atoms with van der Waals surface area (Å²) in [5.74, 6) is -0.0375. The molecule has 1 aliphatic heterocycles. The standard InChI is InChI=1S/C16H19ClN4O3S/c1-19-9-11-20(12-10-19)16(22)14-7-8-15(18-14)21(17)25(23,24)13-5-3-2-4-6-13/h2-8,18H,9-12H2,1H3. The van der Waals surface area contributed by atoms with Crippen LogP contribution in [0.2, 0.25) is 0 Å². The zero-order chi connectivity index (χ0) is 18.0. The van der Waals surface area contributed by atoms with E-state index in [9.17, 15) is 13.2 Å². The highest BCUT2D eigenvalue weighted by molar-refractivity contribution is 7.94. The Morgan fingerprint density at radius 1 is 1.08 bits per heavy atom. The molecule has 1 N–H and O–H groups in total. The van der Waals surface area contributed by atoms with Crippen LogP contribution in [0.1, 0.15) is 10.5 Å². The van der Waals surface area contributed by atoms with Gasteiger partial charge in [0.15, 0.2) is 0 Å². The summed E-state index contributed by atoms with van der Waals surface area (Å²) in [6, 6.07) is 10.9.